The molecule has 0 aromatic heterocycles. The van der Waals surface area contributed by atoms with Crippen molar-refractivity contribution in [2.24, 2.45) is 16.5 Å². The number of guanidine groups is 1. The lowest BCUT2D eigenvalue weighted by Crippen LogP contribution is -2.24. The zero-order chi connectivity index (χ0) is 36.7. The van der Waals surface area contributed by atoms with Crippen molar-refractivity contribution in [2.45, 2.75) is 46.3 Å². The zero-order valence-electron chi connectivity index (χ0n) is 25.8. The van der Waals surface area contributed by atoms with Crippen LogP contribution in [0, 0.1) is 20.2 Å². The number of halogens is 1. The molecule has 256 valence electrons. The second-order valence-corrected chi connectivity index (χ2v) is 14.1. The van der Waals surface area contributed by atoms with E-state index in [1.165, 1.54) is 48.5 Å². The number of rotatable bonds is 10. The number of nitro benzene ring substituents is 2. The van der Waals surface area contributed by atoms with Crippen molar-refractivity contribution in [1.29, 1.82) is 0 Å². The fourth-order valence-corrected chi connectivity index (χ4v) is 7.66. The van der Waals surface area contributed by atoms with E-state index in [0.29, 0.717) is 12.0 Å². The first-order valence-electron chi connectivity index (χ1n) is 14.0. The summed E-state index contributed by atoms with van der Waals surface area (Å²) in [5, 5.41) is 21.8. The standard InChI is InChI=1S/C16H16N4O5S.C15H12ClNO5S/c1-2-10-8-14(26(24,25)11-6-4-3-5-7-11)13(20(22)23)9-12(10)15(21)19-16(17)18;1-2-10-8-14(13(17(19)20)9-12(10)15(16)18)23(21,22)11-6-4-3-5-7-11/h3-9H,2H2,1H3,(H4,17,18,19,21);3-9H,2H2,1H3. The topological polar surface area (TPSA) is 253 Å². The number of benzene rings is 4. The van der Waals surface area contributed by atoms with E-state index in [1.807, 2.05) is 0 Å². The van der Waals surface area contributed by atoms with Crippen molar-refractivity contribution in [3.05, 3.63) is 127 Å². The van der Waals surface area contributed by atoms with Gasteiger partial charge in [-0.15, -0.1) is 0 Å². The van der Waals surface area contributed by atoms with Gasteiger partial charge < -0.3 is 11.5 Å². The number of carbonyl (C=O) groups is 2. The summed E-state index contributed by atoms with van der Waals surface area (Å²) in [6.07, 6.45) is 0.555. The molecule has 4 rings (SSSR count). The van der Waals surface area contributed by atoms with Gasteiger partial charge >= 0.3 is 0 Å². The van der Waals surface area contributed by atoms with E-state index >= 15 is 0 Å². The minimum absolute atomic E-state index is 0.0601. The van der Waals surface area contributed by atoms with Crippen LogP contribution < -0.4 is 11.5 Å². The monoisotopic (exact) mass is 729 g/mol. The molecule has 0 saturated heterocycles. The summed E-state index contributed by atoms with van der Waals surface area (Å²) in [4.78, 5) is 46.8. The van der Waals surface area contributed by atoms with E-state index in [-0.39, 0.29) is 32.9 Å². The van der Waals surface area contributed by atoms with Crippen molar-refractivity contribution in [2.75, 3.05) is 0 Å². The van der Waals surface area contributed by atoms with Gasteiger partial charge in [-0.1, -0.05) is 50.2 Å². The Morgan fingerprint density at radius 3 is 1.39 bits per heavy atom. The molecule has 0 radical (unpaired) electrons. The Balaban J connectivity index is 0.000000267. The normalized spacial score (nSPS) is 11.1. The van der Waals surface area contributed by atoms with Crippen LogP contribution in [-0.4, -0.2) is 43.8 Å². The summed E-state index contributed by atoms with van der Waals surface area (Å²) in [6, 6.07) is 18.8. The van der Waals surface area contributed by atoms with Crippen LogP contribution in [0.3, 0.4) is 0 Å². The van der Waals surface area contributed by atoms with Crippen molar-refractivity contribution in [1.82, 2.24) is 0 Å². The van der Waals surface area contributed by atoms with E-state index in [1.54, 1.807) is 26.0 Å². The van der Waals surface area contributed by atoms with Gasteiger partial charge in [0.25, 0.3) is 22.5 Å². The first-order chi connectivity index (χ1) is 23.0. The summed E-state index contributed by atoms with van der Waals surface area (Å²) >= 11 is 5.44. The van der Waals surface area contributed by atoms with Crippen LogP contribution in [0.4, 0.5) is 11.4 Å². The van der Waals surface area contributed by atoms with Gasteiger partial charge in [0.15, 0.2) is 5.96 Å². The van der Waals surface area contributed by atoms with Crippen molar-refractivity contribution < 1.29 is 36.3 Å². The number of aryl methyl sites for hydroxylation is 2. The molecular weight excluding hydrogens is 702 g/mol. The molecule has 0 bridgehead atoms. The van der Waals surface area contributed by atoms with Crippen molar-refractivity contribution in [3.8, 4) is 0 Å². The Kier molecular flexibility index (Phi) is 12.1. The van der Waals surface area contributed by atoms with E-state index in [4.69, 9.17) is 23.1 Å². The minimum atomic E-state index is -4.15. The predicted molar refractivity (Wildman–Crippen MR) is 179 cm³/mol. The molecule has 0 aliphatic rings. The highest BCUT2D eigenvalue weighted by Crippen LogP contribution is 2.34. The fraction of sp³-hybridized carbons (Fsp3) is 0.129. The number of aliphatic imine (C=N–C) groups is 1. The molecule has 4 aromatic carbocycles. The van der Waals surface area contributed by atoms with Crippen LogP contribution in [0.5, 0.6) is 0 Å². The van der Waals surface area contributed by atoms with Crippen LogP contribution in [-0.2, 0) is 32.5 Å². The van der Waals surface area contributed by atoms with Crippen molar-refractivity contribution in [3.63, 3.8) is 0 Å². The molecule has 0 unspecified atom stereocenters. The molecule has 0 aliphatic heterocycles. The summed E-state index contributed by atoms with van der Waals surface area (Å²) in [5.74, 6) is -1.38. The molecule has 4 N–H and O–H groups in total. The second-order valence-electron chi connectivity index (χ2n) is 9.92. The Morgan fingerprint density at radius 2 is 1.06 bits per heavy atom. The zero-order valence-corrected chi connectivity index (χ0v) is 28.2. The number of hydrogen-bond donors (Lipinski definition) is 2. The molecule has 4 aromatic rings. The molecule has 1 amide bonds. The highest BCUT2D eigenvalue weighted by atomic mass is 35.5. The molecule has 0 atom stereocenters. The average Bonchev–Trinajstić information content (AvgIpc) is 3.07. The Morgan fingerprint density at radius 1 is 0.694 bits per heavy atom. The largest absolute Gasteiger partial charge is 0.370 e. The van der Waals surface area contributed by atoms with E-state index in [0.717, 1.165) is 24.3 Å². The van der Waals surface area contributed by atoms with Gasteiger partial charge in [-0.2, -0.15) is 4.99 Å². The summed E-state index contributed by atoms with van der Waals surface area (Å²) in [5.41, 5.74) is 9.38. The number of carbonyl (C=O) groups excluding carboxylic acids is 2. The maximum Gasteiger partial charge on any atom is 0.289 e. The van der Waals surface area contributed by atoms with Gasteiger partial charge in [-0.25, -0.2) is 16.8 Å². The lowest BCUT2D eigenvalue weighted by molar-refractivity contribution is -0.388. The smallest absolute Gasteiger partial charge is 0.289 e. The van der Waals surface area contributed by atoms with Crippen molar-refractivity contribution >= 4 is 59.8 Å². The first-order valence-corrected chi connectivity index (χ1v) is 17.4. The van der Waals surface area contributed by atoms with E-state index in [2.05, 4.69) is 4.99 Å². The quantitative estimate of drug-likeness (QED) is 0.0736. The van der Waals surface area contributed by atoms with Crippen LogP contribution in [0.15, 0.2) is 110 Å². The second kappa shape index (κ2) is 15.6. The SMILES string of the molecule is CCc1cc(S(=O)(=O)c2ccccc2)c([N+](=O)[O-])cc1C(=O)Cl.CCc1cc(S(=O)(=O)c2ccccc2)c([N+](=O)[O-])cc1C(=O)N=C(N)N. The Bertz CT molecular complexity index is 2190. The van der Waals surface area contributed by atoms with Gasteiger partial charge in [-0.3, -0.25) is 29.8 Å². The molecule has 0 fully saturated rings. The molecule has 15 nitrogen and oxygen atoms in total. The first kappa shape index (κ1) is 37.9. The average molecular weight is 730 g/mol. The van der Waals surface area contributed by atoms with Gasteiger partial charge in [0.1, 0.15) is 9.79 Å². The lowest BCUT2D eigenvalue weighted by atomic mass is 10.0. The highest BCUT2D eigenvalue weighted by Gasteiger charge is 2.32. The van der Waals surface area contributed by atoms with Gasteiger partial charge in [0, 0.05) is 17.7 Å². The molecule has 0 aliphatic carbocycles. The third kappa shape index (κ3) is 8.50. The number of sulfone groups is 2. The lowest BCUT2D eigenvalue weighted by Gasteiger charge is -2.10. The highest BCUT2D eigenvalue weighted by molar-refractivity contribution is 7.92. The molecule has 0 heterocycles. The number of nitrogens with two attached hydrogens (primary N) is 2. The van der Waals surface area contributed by atoms with Gasteiger partial charge in [-0.05, 0) is 72.0 Å². The van der Waals surface area contributed by atoms with Crippen LogP contribution in [0.25, 0.3) is 0 Å². The Labute approximate surface area is 285 Å². The van der Waals surface area contributed by atoms with Crippen LogP contribution in [0.1, 0.15) is 45.7 Å². The maximum absolute atomic E-state index is 12.8. The van der Waals surface area contributed by atoms with Gasteiger partial charge in [0.2, 0.25) is 19.7 Å². The molecular formula is C31H28ClN5O10S2. The molecule has 0 saturated carbocycles. The van der Waals surface area contributed by atoms with E-state index < -0.39 is 67.8 Å². The fourth-order valence-electron chi connectivity index (χ4n) is 4.53. The Hall–Kier alpha value is -5.52. The van der Waals surface area contributed by atoms with Gasteiger partial charge in [0.05, 0.1) is 25.2 Å². The number of nitrogens with zero attached hydrogens (tertiary/aromatic N) is 3. The number of nitro groups is 2. The molecule has 0 spiro atoms. The van der Waals surface area contributed by atoms with Crippen LogP contribution >= 0.6 is 11.6 Å². The summed E-state index contributed by atoms with van der Waals surface area (Å²) in [6.45, 7) is 3.37. The predicted octanol–water partition coefficient (Wildman–Crippen LogP) is 4.77. The summed E-state index contributed by atoms with van der Waals surface area (Å²) < 4.78 is 51.0. The molecule has 18 heteroatoms. The number of amides is 1. The third-order valence-electron chi connectivity index (χ3n) is 6.88. The minimum Gasteiger partial charge on any atom is -0.370 e. The molecule has 49 heavy (non-hydrogen) atoms. The van der Waals surface area contributed by atoms with Crippen LogP contribution in [0.2, 0.25) is 0 Å². The maximum atomic E-state index is 12.8. The summed E-state index contributed by atoms with van der Waals surface area (Å²) in [7, 11) is -8.24. The van der Waals surface area contributed by atoms with E-state index in [9.17, 15) is 46.7 Å². The third-order valence-corrected chi connectivity index (χ3v) is 10.7. The number of hydrogen-bond acceptors (Lipinski definition) is 10.